The number of hydrogen-bond donors (Lipinski definition) is 1. The van der Waals surface area contributed by atoms with Gasteiger partial charge in [0.05, 0.1) is 6.61 Å². The zero-order valence-electron chi connectivity index (χ0n) is 11.5. The van der Waals surface area contributed by atoms with Crippen LogP contribution in [0.5, 0.6) is 5.75 Å². The molecule has 0 saturated carbocycles. The molecule has 0 aromatic heterocycles. The molecule has 1 aliphatic heterocycles. The predicted octanol–water partition coefficient (Wildman–Crippen LogP) is 3.41. The van der Waals surface area contributed by atoms with Crippen molar-refractivity contribution in [2.75, 3.05) is 19.7 Å². The Balaban J connectivity index is 1.65. The fourth-order valence-corrected chi connectivity index (χ4v) is 2.59. The summed E-state index contributed by atoms with van der Waals surface area (Å²) in [4.78, 5) is 0. The lowest BCUT2D eigenvalue weighted by atomic mass is 9.93. The van der Waals surface area contributed by atoms with Crippen LogP contribution in [-0.2, 0) is 6.42 Å². The third-order valence-electron chi connectivity index (χ3n) is 3.79. The molecule has 18 heavy (non-hydrogen) atoms. The van der Waals surface area contributed by atoms with Crippen molar-refractivity contribution < 1.29 is 4.74 Å². The Hall–Kier alpha value is -1.02. The summed E-state index contributed by atoms with van der Waals surface area (Å²) >= 11 is 0. The lowest BCUT2D eigenvalue weighted by Crippen LogP contribution is -2.27. The Labute approximate surface area is 111 Å². The second kappa shape index (κ2) is 7.42. The molecule has 1 heterocycles. The normalized spacial score (nSPS) is 16.7. The number of rotatable bonds is 6. The summed E-state index contributed by atoms with van der Waals surface area (Å²) in [5.74, 6) is 1.94. The van der Waals surface area contributed by atoms with E-state index in [1.54, 1.807) is 0 Å². The third-order valence-corrected chi connectivity index (χ3v) is 3.79. The number of nitrogens with one attached hydrogen (secondary N) is 1. The molecule has 2 heteroatoms. The van der Waals surface area contributed by atoms with Gasteiger partial charge < -0.3 is 10.1 Å². The van der Waals surface area contributed by atoms with Crippen LogP contribution in [0.15, 0.2) is 24.3 Å². The summed E-state index contributed by atoms with van der Waals surface area (Å²) in [7, 11) is 0. The number of aryl methyl sites for hydroxylation is 1. The average Bonchev–Trinajstić information content (AvgIpc) is 2.45. The van der Waals surface area contributed by atoms with Crippen LogP contribution >= 0.6 is 0 Å². The molecule has 1 saturated heterocycles. The van der Waals surface area contributed by atoms with Crippen LogP contribution in [0.1, 0.15) is 38.2 Å². The maximum absolute atomic E-state index is 5.82. The maximum Gasteiger partial charge on any atom is 0.119 e. The first kappa shape index (κ1) is 13.4. The zero-order valence-corrected chi connectivity index (χ0v) is 11.5. The fraction of sp³-hybridized carbons (Fsp3) is 0.625. The molecule has 0 bridgehead atoms. The van der Waals surface area contributed by atoms with Gasteiger partial charge in [0.1, 0.15) is 5.75 Å². The van der Waals surface area contributed by atoms with Crippen molar-refractivity contribution in [1.29, 1.82) is 0 Å². The van der Waals surface area contributed by atoms with Crippen molar-refractivity contribution in [1.82, 2.24) is 5.32 Å². The van der Waals surface area contributed by atoms with Gasteiger partial charge in [-0.05, 0) is 68.8 Å². The van der Waals surface area contributed by atoms with Crippen molar-refractivity contribution in [3.63, 3.8) is 0 Å². The Morgan fingerprint density at radius 1 is 1.28 bits per heavy atom. The summed E-state index contributed by atoms with van der Waals surface area (Å²) in [6.07, 6.45) is 6.25. The van der Waals surface area contributed by atoms with Gasteiger partial charge in [-0.1, -0.05) is 19.1 Å². The van der Waals surface area contributed by atoms with Gasteiger partial charge in [0.2, 0.25) is 0 Å². The van der Waals surface area contributed by atoms with Crippen molar-refractivity contribution in [2.24, 2.45) is 5.92 Å². The number of piperidine rings is 1. The van der Waals surface area contributed by atoms with E-state index in [4.69, 9.17) is 4.74 Å². The molecular weight excluding hydrogens is 222 g/mol. The SMILES string of the molecule is CCc1cccc(OCCCC2CCNCC2)c1. The minimum atomic E-state index is 0.858. The van der Waals surface area contributed by atoms with E-state index in [0.29, 0.717) is 0 Å². The molecule has 0 atom stereocenters. The van der Waals surface area contributed by atoms with E-state index >= 15 is 0 Å². The van der Waals surface area contributed by atoms with Crippen LogP contribution in [0.2, 0.25) is 0 Å². The smallest absolute Gasteiger partial charge is 0.119 e. The largest absolute Gasteiger partial charge is 0.494 e. The molecule has 100 valence electrons. The van der Waals surface area contributed by atoms with E-state index in [1.807, 2.05) is 0 Å². The topological polar surface area (TPSA) is 21.3 Å². The van der Waals surface area contributed by atoms with E-state index < -0.39 is 0 Å². The molecule has 1 aromatic rings. The van der Waals surface area contributed by atoms with Gasteiger partial charge in [-0.25, -0.2) is 0 Å². The highest BCUT2D eigenvalue weighted by atomic mass is 16.5. The summed E-state index contributed by atoms with van der Waals surface area (Å²) in [6, 6.07) is 8.46. The standard InChI is InChI=1S/C16H25NO/c1-2-14-5-3-7-16(13-14)18-12-4-6-15-8-10-17-11-9-15/h3,5,7,13,15,17H,2,4,6,8-12H2,1H3. The van der Waals surface area contributed by atoms with Gasteiger partial charge in [-0.3, -0.25) is 0 Å². The van der Waals surface area contributed by atoms with Crippen LogP contribution in [0.4, 0.5) is 0 Å². The van der Waals surface area contributed by atoms with E-state index in [2.05, 4.69) is 36.5 Å². The number of ether oxygens (including phenoxy) is 1. The Kier molecular flexibility index (Phi) is 5.53. The highest BCUT2D eigenvalue weighted by Gasteiger charge is 2.12. The molecule has 2 rings (SSSR count). The van der Waals surface area contributed by atoms with E-state index in [0.717, 1.165) is 24.7 Å². The number of hydrogen-bond acceptors (Lipinski definition) is 2. The molecular formula is C16H25NO. The van der Waals surface area contributed by atoms with Crippen LogP contribution in [-0.4, -0.2) is 19.7 Å². The monoisotopic (exact) mass is 247 g/mol. The molecule has 1 N–H and O–H groups in total. The van der Waals surface area contributed by atoms with Gasteiger partial charge in [0.15, 0.2) is 0 Å². The van der Waals surface area contributed by atoms with Gasteiger partial charge in [0.25, 0.3) is 0 Å². The lowest BCUT2D eigenvalue weighted by Gasteiger charge is -2.22. The number of benzene rings is 1. The van der Waals surface area contributed by atoms with Crippen LogP contribution in [0, 0.1) is 5.92 Å². The summed E-state index contributed by atoms with van der Waals surface area (Å²) in [5, 5.41) is 3.41. The molecule has 1 fully saturated rings. The van der Waals surface area contributed by atoms with Crippen LogP contribution in [0.3, 0.4) is 0 Å². The second-order valence-corrected chi connectivity index (χ2v) is 5.19. The highest BCUT2D eigenvalue weighted by molar-refractivity contribution is 5.28. The zero-order chi connectivity index (χ0) is 12.6. The lowest BCUT2D eigenvalue weighted by molar-refractivity contribution is 0.273. The van der Waals surface area contributed by atoms with Gasteiger partial charge in [-0.2, -0.15) is 0 Å². The van der Waals surface area contributed by atoms with Crippen molar-refractivity contribution in [2.45, 2.75) is 39.0 Å². The Morgan fingerprint density at radius 2 is 2.11 bits per heavy atom. The molecule has 0 radical (unpaired) electrons. The average molecular weight is 247 g/mol. The fourth-order valence-electron chi connectivity index (χ4n) is 2.59. The summed E-state index contributed by atoms with van der Waals surface area (Å²) < 4.78 is 5.82. The summed E-state index contributed by atoms with van der Waals surface area (Å²) in [6.45, 7) is 5.43. The molecule has 1 aromatic carbocycles. The van der Waals surface area contributed by atoms with Crippen LogP contribution < -0.4 is 10.1 Å². The molecule has 1 aliphatic rings. The van der Waals surface area contributed by atoms with E-state index in [1.165, 1.54) is 44.3 Å². The van der Waals surface area contributed by atoms with Gasteiger partial charge >= 0.3 is 0 Å². The minimum absolute atomic E-state index is 0.858. The predicted molar refractivity (Wildman–Crippen MR) is 76.1 cm³/mol. The highest BCUT2D eigenvalue weighted by Crippen LogP contribution is 2.19. The Bertz CT molecular complexity index is 345. The van der Waals surface area contributed by atoms with E-state index in [9.17, 15) is 0 Å². The first-order valence-corrected chi connectivity index (χ1v) is 7.31. The molecule has 0 spiro atoms. The molecule has 2 nitrogen and oxygen atoms in total. The quantitative estimate of drug-likeness (QED) is 0.778. The van der Waals surface area contributed by atoms with Crippen molar-refractivity contribution in [3.05, 3.63) is 29.8 Å². The van der Waals surface area contributed by atoms with Crippen LogP contribution in [0.25, 0.3) is 0 Å². The van der Waals surface area contributed by atoms with Crippen molar-refractivity contribution >= 4 is 0 Å². The first-order valence-electron chi connectivity index (χ1n) is 7.31. The molecule has 0 unspecified atom stereocenters. The van der Waals surface area contributed by atoms with Gasteiger partial charge in [0, 0.05) is 0 Å². The second-order valence-electron chi connectivity index (χ2n) is 5.19. The first-order chi connectivity index (χ1) is 8.88. The Morgan fingerprint density at radius 3 is 2.89 bits per heavy atom. The maximum atomic E-state index is 5.82. The summed E-state index contributed by atoms with van der Waals surface area (Å²) in [5.41, 5.74) is 1.35. The third kappa shape index (κ3) is 4.34. The molecule has 0 aliphatic carbocycles. The molecule has 0 amide bonds. The van der Waals surface area contributed by atoms with Gasteiger partial charge in [-0.15, -0.1) is 0 Å². The van der Waals surface area contributed by atoms with Crippen molar-refractivity contribution in [3.8, 4) is 5.75 Å². The minimum Gasteiger partial charge on any atom is -0.494 e. The van der Waals surface area contributed by atoms with E-state index in [-0.39, 0.29) is 0 Å².